The number of hydrogen-bond donors (Lipinski definition) is 2. The fourth-order valence-corrected chi connectivity index (χ4v) is 3.86. The van der Waals surface area contributed by atoms with Crippen LogP contribution in [0, 0.1) is 0 Å². The van der Waals surface area contributed by atoms with E-state index in [0.29, 0.717) is 29.8 Å². The van der Waals surface area contributed by atoms with E-state index >= 15 is 0 Å². The molecule has 30 heavy (non-hydrogen) atoms. The largest absolute Gasteiger partial charge is 0.494 e. The number of aromatic amines is 1. The molecule has 1 aliphatic rings. The number of rotatable bonds is 7. The summed E-state index contributed by atoms with van der Waals surface area (Å²) in [6.07, 6.45) is 4.04. The Hall–Kier alpha value is -3.12. The average Bonchev–Trinajstić information content (AvgIpc) is 3.27. The Bertz CT molecular complexity index is 1080. The Morgan fingerprint density at radius 1 is 1.10 bits per heavy atom. The fourth-order valence-electron chi connectivity index (χ4n) is 3.86. The van der Waals surface area contributed by atoms with Crippen LogP contribution in [0.3, 0.4) is 0 Å². The van der Waals surface area contributed by atoms with Gasteiger partial charge in [0, 0.05) is 30.2 Å². The number of fused-ring (bicyclic) bond motifs is 1. The minimum atomic E-state index is -0.388. The summed E-state index contributed by atoms with van der Waals surface area (Å²) in [7, 11) is 0. The van der Waals surface area contributed by atoms with Crippen molar-refractivity contribution in [1.29, 1.82) is 0 Å². The standard InChI is InChI=1S/C24H27N3O3/c1-2-30-19-9-10-22-20(13-19)23(28)21(15-25-22)24(29)26-14-17-5-7-18(8-6-17)16-27-11-3-4-12-27/h5-10,13,15H,2-4,11-12,14,16H2,1H3,(H,25,28)(H,26,29). The number of benzene rings is 2. The maximum Gasteiger partial charge on any atom is 0.257 e. The van der Waals surface area contributed by atoms with Crippen LogP contribution < -0.4 is 15.5 Å². The summed E-state index contributed by atoms with van der Waals surface area (Å²) in [4.78, 5) is 30.9. The molecule has 1 aromatic heterocycles. The third-order valence-corrected chi connectivity index (χ3v) is 5.49. The van der Waals surface area contributed by atoms with Gasteiger partial charge < -0.3 is 15.0 Å². The third-order valence-electron chi connectivity index (χ3n) is 5.49. The van der Waals surface area contributed by atoms with Crippen LogP contribution in [0.4, 0.5) is 0 Å². The fraction of sp³-hybridized carbons (Fsp3) is 0.333. The van der Waals surface area contributed by atoms with E-state index in [1.54, 1.807) is 18.2 Å². The van der Waals surface area contributed by atoms with Gasteiger partial charge in [-0.15, -0.1) is 0 Å². The number of ether oxygens (including phenoxy) is 1. The molecule has 1 aliphatic heterocycles. The molecule has 0 saturated carbocycles. The van der Waals surface area contributed by atoms with Gasteiger partial charge in [0.1, 0.15) is 11.3 Å². The molecule has 0 unspecified atom stereocenters. The molecule has 2 N–H and O–H groups in total. The predicted octanol–water partition coefficient (Wildman–Crippen LogP) is 3.45. The van der Waals surface area contributed by atoms with E-state index in [1.807, 2.05) is 19.1 Å². The van der Waals surface area contributed by atoms with Gasteiger partial charge in [0.15, 0.2) is 0 Å². The first kappa shape index (κ1) is 20.2. The molecule has 0 aliphatic carbocycles. The number of carbonyl (C=O) groups excluding carboxylic acids is 1. The Labute approximate surface area is 175 Å². The number of pyridine rings is 1. The van der Waals surface area contributed by atoms with Gasteiger partial charge in [-0.2, -0.15) is 0 Å². The quantitative estimate of drug-likeness (QED) is 0.631. The topological polar surface area (TPSA) is 74.4 Å². The lowest BCUT2D eigenvalue weighted by Gasteiger charge is -2.14. The highest BCUT2D eigenvalue weighted by Crippen LogP contribution is 2.17. The van der Waals surface area contributed by atoms with E-state index < -0.39 is 0 Å². The molecule has 0 spiro atoms. The molecular formula is C24H27N3O3. The summed E-state index contributed by atoms with van der Waals surface area (Å²) < 4.78 is 5.47. The summed E-state index contributed by atoms with van der Waals surface area (Å²) in [5.41, 5.74) is 2.76. The molecule has 4 rings (SSSR count). The van der Waals surface area contributed by atoms with Gasteiger partial charge in [-0.3, -0.25) is 14.5 Å². The number of nitrogens with zero attached hydrogens (tertiary/aromatic N) is 1. The normalized spacial score (nSPS) is 14.2. The molecule has 6 nitrogen and oxygen atoms in total. The Morgan fingerprint density at radius 2 is 1.83 bits per heavy atom. The molecule has 0 atom stereocenters. The number of likely N-dealkylation sites (tertiary alicyclic amines) is 1. The van der Waals surface area contributed by atoms with Crippen molar-refractivity contribution in [3.05, 3.63) is 75.6 Å². The summed E-state index contributed by atoms with van der Waals surface area (Å²) >= 11 is 0. The van der Waals surface area contributed by atoms with Crippen molar-refractivity contribution in [3.8, 4) is 5.75 Å². The number of aromatic nitrogens is 1. The molecule has 0 bridgehead atoms. The van der Waals surface area contributed by atoms with Gasteiger partial charge in [-0.1, -0.05) is 24.3 Å². The summed E-state index contributed by atoms with van der Waals surface area (Å²) in [6, 6.07) is 13.5. The maximum atomic E-state index is 12.8. The molecule has 0 radical (unpaired) electrons. The minimum absolute atomic E-state index is 0.0989. The summed E-state index contributed by atoms with van der Waals surface area (Å²) in [6.45, 7) is 6.09. The second kappa shape index (κ2) is 9.13. The van der Waals surface area contributed by atoms with Gasteiger partial charge in [-0.25, -0.2) is 0 Å². The second-order valence-electron chi connectivity index (χ2n) is 7.65. The molecule has 1 fully saturated rings. The zero-order valence-corrected chi connectivity index (χ0v) is 17.2. The first-order chi connectivity index (χ1) is 14.6. The minimum Gasteiger partial charge on any atom is -0.494 e. The molecule has 1 amide bonds. The van der Waals surface area contributed by atoms with Crippen LogP contribution in [-0.2, 0) is 13.1 Å². The average molecular weight is 405 g/mol. The molecule has 2 aromatic carbocycles. The van der Waals surface area contributed by atoms with Crippen LogP contribution in [0.5, 0.6) is 5.75 Å². The van der Waals surface area contributed by atoms with Crippen molar-refractivity contribution in [3.63, 3.8) is 0 Å². The Morgan fingerprint density at radius 3 is 2.57 bits per heavy atom. The highest BCUT2D eigenvalue weighted by Gasteiger charge is 2.14. The van der Waals surface area contributed by atoms with Crippen molar-refractivity contribution < 1.29 is 9.53 Å². The number of carbonyl (C=O) groups is 1. The third kappa shape index (κ3) is 4.54. The van der Waals surface area contributed by atoms with Crippen molar-refractivity contribution in [1.82, 2.24) is 15.2 Å². The van der Waals surface area contributed by atoms with Crippen molar-refractivity contribution in [2.24, 2.45) is 0 Å². The van der Waals surface area contributed by atoms with Crippen LogP contribution in [0.15, 0.2) is 53.5 Å². The highest BCUT2D eigenvalue weighted by atomic mass is 16.5. The number of nitrogens with one attached hydrogen (secondary N) is 2. The molecular weight excluding hydrogens is 378 g/mol. The predicted molar refractivity (Wildman–Crippen MR) is 118 cm³/mol. The van der Waals surface area contributed by atoms with Crippen molar-refractivity contribution in [2.45, 2.75) is 32.9 Å². The Balaban J connectivity index is 1.42. The monoisotopic (exact) mass is 405 g/mol. The lowest BCUT2D eigenvalue weighted by Crippen LogP contribution is -2.28. The number of hydrogen-bond acceptors (Lipinski definition) is 4. The molecule has 6 heteroatoms. The zero-order valence-electron chi connectivity index (χ0n) is 17.2. The van der Waals surface area contributed by atoms with E-state index in [4.69, 9.17) is 4.74 Å². The lowest BCUT2D eigenvalue weighted by atomic mass is 10.1. The van der Waals surface area contributed by atoms with E-state index in [9.17, 15) is 9.59 Å². The number of H-pyrrole nitrogens is 1. The highest BCUT2D eigenvalue weighted by molar-refractivity contribution is 5.97. The van der Waals surface area contributed by atoms with Crippen molar-refractivity contribution >= 4 is 16.8 Å². The SMILES string of the molecule is CCOc1ccc2[nH]cc(C(=O)NCc3ccc(CN4CCCC4)cc3)c(=O)c2c1. The van der Waals surface area contributed by atoms with E-state index in [-0.39, 0.29) is 16.9 Å². The van der Waals surface area contributed by atoms with Crippen LogP contribution in [0.1, 0.15) is 41.3 Å². The first-order valence-electron chi connectivity index (χ1n) is 10.5. The van der Waals surface area contributed by atoms with Crippen LogP contribution in [0.2, 0.25) is 0 Å². The van der Waals surface area contributed by atoms with E-state index in [0.717, 1.165) is 12.1 Å². The van der Waals surface area contributed by atoms with E-state index in [1.165, 1.54) is 37.7 Å². The molecule has 156 valence electrons. The maximum absolute atomic E-state index is 12.8. The number of amides is 1. The van der Waals surface area contributed by atoms with Crippen molar-refractivity contribution in [2.75, 3.05) is 19.7 Å². The first-order valence-corrected chi connectivity index (χ1v) is 10.5. The van der Waals surface area contributed by atoms with Gasteiger partial charge in [0.2, 0.25) is 5.43 Å². The summed E-state index contributed by atoms with van der Waals surface area (Å²) in [5, 5.41) is 3.30. The molecule has 2 heterocycles. The van der Waals surface area contributed by atoms with Gasteiger partial charge in [0.05, 0.1) is 6.61 Å². The zero-order chi connectivity index (χ0) is 20.9. The lowest BCUT2D eigenvalue weighted by molar-refractivity contribution is 0.0949. The Kier molecular flexibility index (Phi) is 6.14. The molecule has 1 saturated heterocycles. The second-order valence-corrected chi connectivity index (χ2v) is 7.65. The van der Waals surface area contributed by atoms with Gasteiger partial charge in [0.25, 0.3) is 5.91 Å². The summed E-state index contributed by atoms with van der Waals surface area (Å²) in [5.74, 6) is 0.225. The smallest absolute Gasteiger partial charge is 0.257 e. The van der Waals surface area contributed by atoms with Crippen LogP contribution in [0.25, 0.3) is 10.9 Å². The van der Waals surface area contributed by atoms with E-state index in [2.05, 4.69) is 27.3 Å². The molecule has 3 aromatic rings. The van der Waals surface area contributed by atoms with Gasteiger partial charge in [-0.05, 0) is 62.2 Å². The van der Waals surface area contributed by atoms with Gasteiger partial charge >= 0.3 is 0 Å². The van der Waals surface area contributed by atoms with Crippen LogP contribution in [-0.4, -0.2) is 35.5 Å². The van der Waals surface area contributed by atoms with Crippen LogP contribution >= 0.6 is 0 Å².